The van der Waals surface area contributed by atoms with Crippen molar-refractivity contribution in [2.75, 3.05) is 19.1 Å². The molecule has 1 unspecified atom stereocenters. The van der Waals surface area contributed by atoms with E-state index in [0.29, 0.717) is 12.4 Å². The van der Waals surface area contributed by atoms with Gasteiger partial charge in [-0.15, -0.1) is 0 Å². The highest BCUT2D eigenvalue weighted by molar-refractivity contribution is 14.2. The number of hydrogen-bond donors (Lipinski definition) is 3. The molecule has 0 saturated carbocycles. The predicted molar refractivity (Wildman–Crippen MR) is 85.5 cm³/mol. The molecule has 0 heterocycles. The molecular formula is C10H21IN4O3S. The summed E-state index contributed by atoms with van der Waals surface area (Å²) in [5, 5.41) is 13.9. The first kappa shape index (κ1) is 18.7. The van der Waals surface area contributed by atoms with Gasteiger partial charge in [-0.25, -0.2) is 5.84 Å². The molecule has 9 heteroatoms. The smallest absolute Gasteiger partial charge is 0.307 e. The molecule has 0 bridgehead atoms. The summed E-state index contributed by atoms with van der Waals surface area (Å²) in [7, 11) is 1.64. The third-order valence-electron chi connectivity index (χ3n) is 2.54. The van der Waals surface area contributed by atoms with Gasteiger partial charge in [-0.2, -0.15) is 5.10 Å². The quantitative estimate of drug-likeness (QED) is 0.101. The van der Waals surface area contributed by atoms with Crippen LogP contribution in [0, 0.1) is 11.8 Å². The average molecular weight is 404 g/mol. The summed E-state index contributed by atoms with van der Waals surface area (Å²) in [4.78, 5) is 11.1. The van der Waals surface area contributed by atoms with Crippen LogP contribution in [0.5, 0.6) is 0 Å². The van der Waals surface area contributed by atoms with Gasteiger partial charge < -0.3 is 15.7 Å². The predicted octanol–water partition coefficient (Wildman–Crippen LogP) is 1.24. The lowest BCUT2D eigenvalue weighted by Gasteiger charge is -2.23. The third-order valence-corrected chi connectivity index (χ3v) is 4.18. The van der Waals surface area contributed by atoms with Crippen LogP contribution in [0.3, 0.4) is 0 Å². The van der Waals surface area contributed by atoms with E-state index in [1.165, 1.54) is 5.01 Å². The lowest BCUT2D eigenvalue weighted by Crippen LogP contribution is -2.42. The van der Waals surface area contributed by atoms with Gasteiger partial charge in [-0.1, -0.05) is 22.8 Å². The van der Waals surface area contributed by atoms with Gasteiger partial charge in [0.1, 0.15) is 12.6 Å². The Morgan fingerprint density at radius 1 is 1.58 bits per heavy atom. The molecule has 5 N–H and O–H groups in total. The third kappa shape index (κ3) is 7.80. The Morgan fingerprint density at radius 2 is 2.21 bits per heavy atom. The van der Waals surface area contributed by atoms with E-state index in [0.717, 1.165) is 5.75 Å². The number of carboxylic acid groups (broad SMARTS) is 1. The molecule has 0 aromatic rings. The number of halogens is 1. The first-order valence-electron chi connectivity index (χ1n) is 5.77. The van der Waals surface area contributed by atoms with Crippen molar-refractivity contribution >= 4 is 41.9 Å². The molecule has 0 fully saturated rings. The maximum Gasteiger partial charge on any atom is 0.307 e. The highest BCUT2D eigenvalue weighted by Crippen LogP contribution is 2.17. The second kappa shape index (κ2) is 10.5. The van der Waals surface area contributed by atoms with Crippen molar-refractivity contribution in [2.45, 2.75) is 20.3 Å². The fraction of sp³-hybridized carbons (Fsp3) is 0.800. The molecule has 0 radical (unpaired) electrons. The van der Waals surface area contributed by atoms with Crippen LogP contribution in [-0.4, -0.2) is 41.0 Å². The van der Waals surface area contributed by atoms with Crippen LogP contribution in [0.15, 0.2) is 5.10 Å². The van der Waals surface area contributed by atoms with Crippen molar-refractivity contribution in [1.82, 2.24) is 5.01 Å². The molecule has 0 rings (SSSR count). The first-order chi connectivity index (χ1) is 8.93. The number of carboxylic acids is 1. The summed E-state index contributed by atoms with van der Waals surface area (Å²) >= 11 is 2.18. The van der Waals surface area contributed by atoms with Gasteiger partial charge >= 0.3 is 5.97 Å². The molecular weight excluding hydrogens is 383 g/mol. The summed E-state index contributed by atoms with van der Waals surface area (Å²) in [6, 6.07) is 0. The Hall–Kier alpha value is -0.260. The van der Waals surface area contributed by atoms with Crippen LogP contribution >= 0.6 is 30.1 Å². The van der Waals surface area contributed by atoms with Crippen molar-refractivity contribution in [3.8, 4) is 0 Å². The molecule has 7 nitrogen and oxygen atoms in total. The minimum atomic E-state index is -0.883. The van der Waals surface area contributed by atoms with E-state index in [9.17, 15) is 4.79 Å². The van der Waals surface area contributed by atoms with E-state index in [1.54, 1.807) is 8.93 Å². The zero-order valence-corrected chi connectivity index (χ0v) is 14.1. The van der Waals surface area contributed by atoms with Gasteiger partial charge in [0.15, 0.2) is 0 Å². The maximum absolute atomic E-state index is 11.1. The topological polar surface area (TPSA) is 114 Å². The van der Waals surface area contributed by atoms with Crippen molar-refractivity contribution in [2.24, 2.45) is 28.6 Å². The summed E-state index contributed by atoms with van der Waals surface area (Å²) < 4.78 is 5.31. The van der Waals surface area contributed by atoms with Crippen molar-refractivity contribution in [3.05, 3.63) is 0 Å². The van der Waals surface area contributed by atoms with Crippen LogP contribution in [0.25, 0.3) is 0 Å². The fourth-order valence-electron chi connectivity index (χ4n) is 1.38. The van der Waals surface area contributed by atoms with Gasteiger partial charge in [-0.3, -0.25) is 9.80 Å². The number of rotatable bonds is 9. The number of carbonyl (C=O) groups is 1. The summed E-state index contributed by atoms with van der Waals surface area (Å²) in [5.41, 5.74) is 0. The van der Waals surface area contributed by atoms with Crippen molar-refractivity contribution in [1.29, 1.82) is 0 Å². The van der Waals surface area contributed by atoms with Crippen molar-refractivity contribution < 1.29 is 14.6 Å². The first-order valence-corrected chi connectivity index (χ1v) is 9.29. The number of hydrazone groups is 1. The Labute approximate surface area is 129 Å². The van der Waals surface area contributed by atoms with Crippen LogP contribution in [0.1, 0.15) is 20.3 Å². The standard InChI is InChI=1S/C10H21IN4O3S/c1-7(2)8(10(16)17)5-9(14-12)15(13)6-18-3-4-19-11/h7-8H,3-6,12-13H2,1-2H3,(H,16,17)/b14-9-. The summed E-state index contributed by atoms with van der Waals surface area (Å²) in [5.74, 6) is 10.7. The molecule has 0 amide bonds. The Bertz CT molecular complexity index is 304. The molecule has 0 aliphatic carbocycles. The highest BCUT2D eigenvalue weighted by atomic mass is 127. The zero-order valence-electron chi connectivity index (χ0n) is 11.1. The number of nitrogens with two attached hydrogens (primary N) is 2. The molecule has 0 spiro atoms. The van der Waals surface area contributed by atoms with E-state index >= 15 is 0 Å². The molecule has 1 atom stereocenters. The number of hydrogen-bond acceptors (Lipinski definition) is 6. The molecule has 112 valence electrons. The number of ether oxygens (including phenoxy) is 1. The summed E-state index contributed by atoms with van der Waals surface area (Å²) in [6.45, 7) is 4.37. The van der Waals surface area contributed by atoms with Gasteiger partial charge in [0.25, 0.3) is 0 Å². The minimum absolute atomic E-state index is 0.0287. The Morgan fingerprint density at radius 3 is 2.63 bits per heavy atom. The maximum atomic E-state index is 11.1. The van der Waals surface area contributed by atoms with Gasteiger partial charge in [0.2, 0.25) is 0 Å². The molecule has 0 aliphatic heterocycles. The fourth-order valence-corrected chi connectivity index (χ4v) is 2.10. The van der Waals surface area contributed by atoms with Crippen LogP contribution < -0.4 is 11.7 Å². The lowest BCUT2D eigenvalue weighted by atomic mass is 9.92. The van der Waals surface area contributed by atoms with Gasteiger partial charge in [-0.05, 0) is 27.1 Å². The van der Waals surface area contributed by atoms with Gasteiger partial charge in [0, 0.05) is 12.2 Å². The summed E-state index contributed by atoms with van der Waals surface area (Å²) in [6.07, 6.45) is 0.185. The molecule has 0 aromatic heterocycles. The normalized spacial score (nSPS) is 13.6. The second-order valence-corrected chi connectivity index (χ2v) is 6.75. The average Bonchev–Trinajstić information content (AvgIpc) is 2.34. The van der Waals surface area contributed by atoms with E-state index < -0.39 is 11.9 Å². The zero-order chi connectivity index (χ0) is 14.8. The Balaban J connectivity index is 4.36. The molecule has 0 saturated heterocycles. The molecule has 0 aliphatic rings. The van der Waals surface area contributed by atoms with E-state index in [4.69, 9.17) is 21.5 Å². The number of hydrazine groups is 1. The van der Waals surface area contributed by atoms with E-state index in [-0.39, 0.29) is 19.1 Å². The van der Waals surface area contributed by atoms with Crippen molar-refractivity contribution in [3.63, 3.8) is 0 Å². The molecule has 0 aromatic carbocycles. The van der Waals surface area contributed by atoms with Crippen LogP contribution in [0.2, 0.25) is 0 Å². The van der Waals surface area contributed by atoms with E-state index in [2.05, 4.69) is 26.3 Å². The van der Waals surface area contributed by atoms with Crippen LogP contribution in [-0.2, 0) is 9.53 Å². The number of amidine groups is 1. The lowest BCUT2D eigenvalue weighted by molar-refractivity contribution is -0.143. The van der Waals surface area contributed by atoms with Crippen LogP contribution in [0.4, 0.5) is 0 Å². The largest absolute Gasteiger partial charge is 0.481 e. The minimum Gasteiger partial charge on any atom is -0.481 e. The second-order valence-electron chi connectivity index (χ2n) is 4.26. The number of aliphatic carboxylic acids is 1. The highest BCUT2D eigenvalue weighted by Gasteiger charge is 2.25. The SMILES string of the molecule is CC(C)C(C/C(=N/N)N(N)COCCSI)C(=O)O. The Kier molecular flexibility index (Phi) is 10.4. The molecule has 19 heavy (non-hydrogen) atoms. The number of nitrogens with zero attached hydrogens (tertiary/aromatic N) is 2. The van der Waals surface area contributed by atoms with Gasteiger partial charge in [0.05, 0.1) is 12.5 Å². The monoisotopic (exact) mass is 404 g/mol. The van der Waals surface area contributed by atoms with E-state index in [1.807, 2.05) is 13.8 Å².